The summed E-state index contributed by atoms with van der Waals surface area (Å²) in [6.45, 7) is 3.98. The van der Waals surface area contributed by atoms with Crippen molar-refractivity contribution in [3.63, 3.8) is 0 Å². The first-order valence-corrected chi connectivity index (χ1v) is 9.06. The number of benzene rings is 1. The van der Waals surface area contributed by atoms with Gasteiger partial charge in [-0.05, 0) is 6.07 Å². The third-order valence-electron chi connectivity index (χ3n) is 4.88. The highest BCUT2D eigenvalue weighted by Gasteiger charge is 2.19. The number of fused-ring (bicyclic) bond motifs is 1. The standard InChI is InChI=1S/C19H22N6O3/c1-27-15-9-13-14(10-16(15)28-2)22-17(23-19(13)26)12-24-5-7-25(8-6-24)18-11-20-3-4-21-18/h3-4,9-11H,5-8,12H2,1-2H3,(H,22,23,26). The molecule has 0 bridgehead atoms. The smallest absolute Gasteiger partial charge is 0.258 e. The van der Waals surface area contributed by atoms with Gasteiger partial charge >= 0.3 is 0 Å². The van der Waals surface area contributed by atoms with E-state index in [0.29, 0.717) is 34.8 Å². The molecule has 28 heavy (non-hydrogen) atoms. The predicted molar refractivity (Wildman–Crippen MR) is 105 cm³/mol. The first-order valence-electron chi connectivity index (χ1n) is 9.06. The van der Waals surface area contributed by atoms with Crippen LogP contribution in [0.25, 0.3) is 10.9 Å². The highest BCUT2D eigenvalue weighted by atomic mass is 16.5. The lowest BCUT2D eigenvalue weighted by Crippen LogP contribution is -2.46. The first kappa shape index (κ1) is 18.2. The Kier molecular flexibility index (Phi) is 5.07. The molecule has 1 saturated heterocycles. The Balaban J connectivity index is 1.50. The molecule has 0 amide bonds. The lowest BCUT2D eigenvalue weighted by Gasteiger charge is -2.34. The van der Waals surface area contributed by atoms with Crippen molar-refractivity contribution >= 4 is 16.7 Å². The number of methoxy groups -OCH3 is 2. The molecule has 9 nitrogen and oxygen atoms in total. The molecular formula is C19H22N6O3. The van der Waals surface area contributed by atoms with Gasteiger partial charge < -0.3 is 19.4 Å². The van der Waals surface area contributed by atoms with E-state index in [-0.39, 0.29) is 5.56 Å². The van der Waals surface area contributed by atoms with Gasteiger partial charge in [-0.2, -0.15) is 0 Å². The number of rotatable bonds is 5. The Morgan fingerprint density at radius 2 is 1.82 bits per heavy atom. The fraction of sp³-hybridized carbons (Fsp3) is 0.368. The summed E-state index contributed by atoms with van der Waals surface area (Å²) in [5.41, 5.74) is 0.411. The summed E-state index contributed by atoms with van der Waals surface area (Å²) in [7, 11) is 3.11. The number of anilines is 1. The van der Waals surface area contributed by atoms with E-state index in [1.165, 1.54) is 0 Å². The topological polar surface area (TPSA) is 96.5 Å². The molecule has 0 aliphatic carbocycles. The second kappa shape index (κ2) is 7.81. The summed E-state index contributed by atoms with van der Waals surface area (Å²) in [6.07, 6.45) is 5.15. The van der Waals surface area contributed by atoms with Crippen molar-refractivity contribution in [2.45, 2.75) is 6.54 Å². The molecule has 1 aliphatic rings. The number of ether oxygens (including phenoxy) is 2. The quantitative estimate of drug-likeness (QED) is 0.700. The van der Waals surface area contributed by atoms with Gasteiger partial charge in [-0.15, -0.1) is 0 Å². The van der Waals surface area contributed by atoms with Crippen LogP contribution in [0.4, 0.5) is 5.82 Å². The summed E-state index contributed by atoms with van der Waals surface area (Å²) in [5, 5.41) is 0.480. The third-order valence-corrected chi connectivity index (χ3v) is 4.88. The van der Waals surface area contributed by atoms with Crippen LogP contribution in [0.5, 0.6) is 11.5 Å². The first-order chi connectivity index (χ1) is 13.7. The van der Waals surface area contributed by atoms with E-state index < -0.39 is 0 Å². The average Bonchev–Trinajstić information content (AvgIpc) is 2.74. The molecule has 2 aromatic heterocycles. The third kappa shape index (κ3) is 3.61. The van der Waals surface area contributed by atoms with E-state index >= 15 is 0 Å². The zero-order valence-electron chi connectivity index (χ0n) is 15.9. The number of aromatic nitrogens is 4. The average molecular weight is 382 g/mol. The molecular weight excluding hydrogens is 360 g/mol. The minimum absolute atomic E-state index is 0.181. The molecule has 3 aromatic rings. The van der Waals surface area contributed by atoms with E-state index in [9.17, 15) is 4.79 Å². The molecule has 4 rings (SSSR count). The molecule has 3 heterocycles. The van der Waals surface area contributed by atoms with Crippen LogP contribution in [0.1, 0.15) is 5.82 Å². The number of nitrogens with one attached hydrogen (secondary N) is 1. The normalized spacial score (nSPS) is 15.0. The van der Waals surface area contributed by atoms with E-state index in [2.05, 4.69) is 29.7 Å². The summed E-state index contributed by atoms with van der Waals surface area (Å²) in [5.74, 6) is 2.59. The van der Waals surface area contributed by atoms with Gasteiger partial charge in [-0.3, -0.25) is 14.7 Å². The van der Waals surface area contributed by atoms with E-state index in [4.69, 9.17) is 9.47 Å². The van der Waals surface area contributed by atoms with Crippen molar-refractivity contribution in [2.24, 2.45) is 0 Å². The van der Waals surface area contributed by atoms with Gasteiger partial charge in [0, 0.05) is 44.6 Å². The fourth-order valence-electron chi connectivity index (χ4n) is 3.39. The molecule has 1 aromatic carbocycles. The molecule has 1 N–H and O–H groups in total. The van der Waals surface area contributed by atoms with Gasteiger partial charge in [0.05, 0.1) is 37.9 Å². The molecule has 0 radical (unpaired) electrons. The molecule has 0 atom stereocenters. The van der Waals surface area contributed by atoms with Crippen LogP contribution >= 0.6 is 0 Å². The van der Waals surface area contributed by atoms with Crippen LogP contribution in [0, 0.1) is 0 Å². The zero-order valence-corrected chi connectivity index (χ0v) is 15.9. The second-order valence-electron chi connectivity index (χ2n) is 6.56. The highest BCUT2D eigenvalue weighted by molar-refractivity contribution is 5.81. The lowest BCUT2D eigenvalue weighted by atomic mass is 10.2. The molecule has 0 spiro atoms. The maximum absolute atomic E-state index is 12.5. The Morgan fingerprint density at radius 3 is 2.50 bits per heavy atom. The number of aromatic amines is 1. The molecule has 146 valence electrons. The minimum atomic E-state index is -0.181. The maximum Gasteiger partial charge on any atom is 0.258 e. The van der Waals surface area contributed by atoms with E-state index in [1.807, 2.05) is 0 Å². The van der Waals surface area contributed by atoms with Crippen LogP contribution in [-0.4, -0.2) is 65.2 Å². The van der Waals surface area contributed by atoms with Crippen molar-refractivity contribution < 1.29 is 9.47 Å². The number of H-pyrrole nitrogens is 1. The van der Waals surface area contributed by atoms with E-state index in [1.54, 1.807) is 44.9 Å². The van der Waals surface area contributed by atoms with Crippen LogP contribution in [0.2, 0.25) is 0 Å². The predicted octanol–water partition coefficient (Wildman–Crippen LogP) is 1.05. The number of piperazine rings is 1. The number of hydrogen-bond donors (Lipinski definition) is 1. The number of hydrogen-bond acceptors (Lipinski definition) is 8. The fourth-order valence-corrected chi connectivity index (χ4v) is 3.39. The zero-order chi connectivity index (χ0) is 19.5. The molecule has 0 unspecified atom stereocenters. The van der Waals surface area contributed by atoms with Crippen molar-refractivity contribution in [3.8, 4) is 11.5 Å². The Labute approximate surface area is 162 Å². The van der Waals surface area contributed by atoms with Crippen LogP contribution < -0.4 is 19.9 Å². The summed E-state index contributed by atoms with van der Waals surface area (Å²) in [4.78, 5) is 33.0. The Morgan fingerprint density at radius 1 is 1.07 bits per heavy atom. The van der Waals surface area contributed by atoms with Crippen molar-refractivity contribution in [1.29, 1.82) is 0 Å². The van der Waals surface area contributed by atoms with Gasteiger partial charge in [-0.25, -0.2) is 9.97 Å². The van der Waals surface area contributed by atoms with Crippen molar-refractivity contribution in [3.05, 3.63) is 46.9 Å². The SMILES string of the molecule is COc1cc2nc(CN3CCN(c4cnccn4)CC3)[nH]c(=O)c2cc1OC. The van der Waals surface area contributed by atoms with E-state index in [0.717, 1.165) is 32.0 Å². The second-order valence-corrected chi connectivity index (χ2v) is 6.56. The maximum atomic E-state index is 12.5. The van der Waals surface area contributed by atoms with Crippen LogP contribution in [-0.2, 0) is 6.54 Å². The summed E-state index contributed by atoms with van der Waals surface area (Å²) >= 11 is 0. The van der Waals surface area contributed by atoms with Gasteiger partial charge in [0.15, 0.2) is 11.5 Å². The van der Waals surface area contributed by atoms with Gasteiger partial charge in [0.2, 0.25) is 0 Å². The van der Waals surface area contributed by atoms with Crippen molar-refractivity contribution in [1.82, 2.24) is 24.8 Å². The molecule has 9 heteroatoms. The van der Waals surface area contributed by atoms with Crippen molar-refractivity contribution in [2.75, 3.05) is 45.3 Å². The van der Waals surface area contributed by atoms with Gasteiger partial charge in [-0.1, -0.05) is 0 Å². The molecule has 1 aliphatic heterocycles. The Hall–Kier alpha value is -3.20. The number of nitrogens with zero attached hydrogens (tertiary/aromatic N) is 5. The summed E-state index contributed by atoms with van der Waals surface area (Å²) in [6, 6.07) is 3.39. The van der Waals surface area contributed by atoms with Gasteiger partial charge in [0.25, 0.3) is 5.56 Å². The largest absolute Gasteiger partial charge is 0.493 e. The van der Waals surface area contributed by atoms with Crippen LogP contribution in [0.3, 0.4) is 0 Å². The van der Waals surface area contributed by atoms with Crippen LogP contribution in [0.15, 0.2) is 35.5 Å². The monoisotopic (exact) mass is 382 g/mol. The lowest BCUT2D eigenvalue weighted by molar-refractivity contribution is 0.243. The molecule has 0 saturated carbocycles. The summed E-state index contributed by atoms with van der Waals surface area (Å²) < 4.78 is 10.6. The highest BCUT2D eigenvalue weighted by Crippen LogP contribution is 2.30. The Bertz CT molecular complexity index is 1020. The molecule has 1 fully saturated rings. The van der Waals surface area contributed by atoms with Gasteiger partial charge in [0.1, 0.15) is 11.6 Å². The minimum Gasteiger partial charge on any atom is -0.493 e.